The molecule has 0 radical (unpaired) electrons. The third-order valence-electron chi connectivity index (χ3n) is 14.6. The summed E-state index contributed by atoms with van der Waals surface area (Å²) in [4.78, 5) is 2.66. The van der Waals surface area contributed by atoms with Gasteiger partial charge in [0.25, 0.3) is 0 Å². The first-order valence-corrected chi connectivity index (χ1v) is 22.9. The number of aromatic nitrogens is 1. The second-order valence-corrected chi connectivity index (χ2v) is 20.1. The fraction of sp³-hybridized carbons (Fsp3) is 0.161. The Labute approximate surface area is 377 Å². The molecule has 0 saturated carbocycles. The monoisotopic (exact) mass is 824 g/mol. The highest BCUT2D eigenvalue weighted by atomic mass is 15.2. The van der Waals surface area contributed by atoms with Crippen molar-refractivity contribution in [1.82, 2.24) is 4.57 Å². The van der Waals surface area contributed by atoms with Crippen molar-refractivity contribution < 1.29 is 0 Å². The lowest BCUT2D eigenvalue weighted by molar-refractivity contribution is 0.587. The number of fused-ring (bicyclic) bond motifs is 10. The molecule has 0 amide bonds. The van der Waals surface area contributed by atoms with E-state index in [9.17, 15) is 0 Å². The van der Waals surface area contributed by atoms with Crippen LogP contribution in [0.2, 0.25) is 0 Å². The molecule has 0 bridgehead atoms. The van der Waals surface area contributed by atoms with E-state index in [-0.39, 0.29) is 16.2 Å². The second-order valence-electron chi connectivity index (χ2n) is 20.1. The Balaban J connectivity index is 1.26. The predicted molar refractivity (Wildman–Crippen MR) is 272 cm³/mol. The van der Waals surface area contributed by atoms with Crippen molar-refractivity contribution in [2.24, 2.45) is 0 Å². The number of nitrogens with zero attached hydrogens (tertiary/aromatic N) is 2. The van der Waals surface area contributed by atoms with Gasteiger partial charge in [-0.05, 0) is 120 Å². The molecule has 1 heterocycles. The van der Waals surface area contributed by atoms with Crippen molar-refractivity contribution in [2.45, 2.75) is 64.7 Å². The van der Waals surface area contributed by atoms with Crippen LogP contribution in [0.25, 0.3) is 71.6 Å². The van der Waals surface area contributed by atoms with Gasteiger partial charge in [-0.2, -0.15) is 0 Å². The van der Waals surface area contributed by atoms with E-state index < -0.39 is 0 Å². The molecule has 0 unspecified atom stereocenters. The predicted octanol–water partition coefficient (Wildman–Crippen LogP) is 17.0. The Bertz CT molecular complexity index is 3450. The first kappa shape index (κ1) is 38.5. The summed E-state index contributed by atoms with van der Waals surface area (Å²) in [6, 6.07) is 70.2. The van der Waals surface area contributed by atoms with E-state index in [2.05, 4.69) is 246 Å². The minimum absolute atomic E-state index is 0.150. The van der Waals surface area contributed by atoms with Gasteiger partial charge in [0.2, 0.25) is 0 Å². The lowest BCUT2D eigenvalue weighted by Crippen LogP contribution is -2.27. The average molecular weight is 825 g/mol. The molecule has 310 valence electrons. The molecule has 1 aromatic heterocycles. The van der Waals surface area contributed by atoms with Crippen LogP contribution >= 0.6 is 0 Å². The number of hydrogen-bond donors (Lipinski definition) is 0. The molecule has 0 spiro atoms. The molecule has 0 fully saturated rings. The Morgan fingerprint density at radius 3 is 1.66 bits per heavy atom. The summed E-state index contributed by atoms with van der Waals surface area (Å²) in [7, 11) is 0. The Kier molecular flexibility index (Phi) is 8.23. The summed E-state index contributed by atoms with van der Waals surface area (Å²) in [5.74, 6) is 0. The van der Waals surface area contributed by atoms with E-state index in [1.165, 1.54) is 99.5 Å². The van der Waals surface area contributed by atoms with Crippen molar-refractivity contribution in [3.05, 3.63) is 216 Å². The number of benzene rings is 9. The highest BCUT2D eigenvalue weighted by Crippen LogP contribution is 2.66. The molecule has 2 heteroatoms. The molecule has 2 aliphatic carbocycles. The third kappa shape index (κ3) is 5.38. The first-order valence-electron chi connectivity index (χ1n) is 22.9. The maximum atomic E-state index is 2.66. The van der Waals surface area contributed by atoms with Crippen molar-refractivity contribution in [2.75, 3.05) is 4.90 Å². The van der Waals surface area contributed by atoms with Crippen LogP contribution in [-0.2, 0) is 16.2 Å². The summed E-state index contributed by atoms with van der Waals surface area (Å²) in [6.07, 6.45) is 0. The molecule has 2 aliphatic rings. The number of para-hydroxylation sites is 2. The van der Waals surface area contributed by atoms with Gasteiger partial charge in [-0.3, -0.25) is 0 Å². The molecule has 0 saturated heterocycles. The van der Waals surface area contributed by atoms with E-state index in [0.29, 0.717) is 0 Å². The van der Waals surface area contributed by atoms with Gasteiger partial charge in [0.05, 0.1) is 16.7 Å². The summed E-state index contributed by atoms with van der Waals surface area (Å²) in [6.45, 7) is 17.1. The summed E-state index contributed by atoms with van der Waals surface area (Å²) < 4.78 is 2.45. The van der Waals surface area contributed by atoms with Gasteiger partial charge in [-0.1, -0.05) is 194 Å². The van der Waals surface area contributed by atoms with Crippen LogP contribution < -0.4 is 4.90 Å². The van der Waals surface area contributed by atoms with Crippen molar-refractivity contribution in [3.63, 3.8) is 0 Å². The molecule has 2 nitrogen and oxygen atoms in total. The summed E-state index contributed by atoms with van der Waals surface area (Å²) in [5.41, 5.74) is 21.3. The molecule has 0 atom stereocenters. The van der Waals surface area contributed by atoms with Gasteiger partial charge >= 0.3 is 0 Å². The molecular weight excluding hydrogens is 773 g/mol. The van der Waals surface area contributed by atoms with E-state index in [1.54, 1.807) is 0 Å². The molecule has 9 aromatic carbocycles. The molecule has 10 aromatic rings. The molecule has 0 N–H and O–H groups in total. The molecule has 64 heavy (non-hydrogen) atoms. The zero-order valence-corrected chi connectivity index (χ0v) is 37.8. The van der Waals surface area contributed by atoms with Gasteiger partial charge in [-0.15, -0.1) is 0 Å². The molecule has 12 rings (SSSR count). The van der Waals surface area contributed by atoms with Crippen molar-refractivity contribution >= 4 is 49.6 Å². The zero-order chi connectivity index (χ0) is 43.7. The quantitative estimate of drug-likeness (QED) is 0.168. The van der Waals surface area contributed by atoms with Gasteiger partial charge in [0, 0.05) is 38.7 Å². The summed E-state index contributed by atoms with van der Waals surface area (Å²) in [5, 5.41) is 4.99. The highest BCUT2D eigenvalue weighted by Gasteiger charge is 2.50. The number of anilines is 3. The SMILES string of the molecule is CC(C)(C)c1c2c(c(N(c3cccc(-c4cccc5ccccc45)c3)c3ccc4c5ccccc5n(-c5ccccc5)c4c3)c3c1-c1ccccc1C3(C)C)C(C)(C)c1ccccc1-2. The number of rotatable bonds is 5. The van der Waals surface area contributed by atoms with E-state index in [0.717, 1.165) is 17.1 Å². The Morgan fingerprint density at radius 1 is 0.438 bits per heavy atom. The maximum absolute atomic E-state index is 2.66. The van der Waals surface area contributed by atoms with E-state index in [4.69, 9.17) is 0 Å². The Hall–Kier alpha value is -7.16. The fourth-order valence-electron chi connectivity index (χ4n) is 11.9. The minimum atomic E-state index is -0.310. The third-order valence-corrected chi connectivity index (χ3v) is 14.6. The van der Waals surface area contributed by atoms with Crippen molar-refractivity contribution in [1.29, 1.82) is 0 Å². The standard InChI is InChI=1S/C62H52N2/c1-60(2,3)56-54-48-29-13-16-32-50(48)61(4,5)57(54)59(58-55(56)49-30-14-17-33-51(49)62(58,6)7)63(42-26-19-23-40(37-42)45-31-20-22-39-21-11-12-27-44(39)45)43-35-36-47-46-28-15-18-34-52(46)64(53(47)38-43)41-24-9-8-10-25-41/h8-38H,1-7H3. The van der Waals surface area contributed by atoms with E-state index in [1.807, 2.05) is 0 Å². The Morgan fingerprint density at radius 2 is 0.969 bits per heavy atom. The van der Waals surface area contributed by atoms with E-state index >= 15 is 0 Å². The second kappa shape index (κ2) is 13.7. The fourth-order valence-corrected chi connectivity index (χ4v) is 11.9. The van der Waals surface area contributed by atoms with Gasteiger partial charge in [-0.25, -0.2) is 0 Å². The lowest BCUT2D eigenvalue weighted by atomic mass is 9.70. The van der Waals surface area contributed by atoms with Crippen LogP contribution in [0.5, 0.6) is 0 Å². The number of hydrogen-bond acceptors (Lipinski definition) is 1. The van der Waals surface area contributed by atoms with Gasteiger partial charge < -0.3 is 9.47 Å². The molecular formula is C62H52N2. The normalized spacial score (nSPS) is 14.4. The van der Waals surface area contributed by atoms with Gasteiger partial charge in [0.15, 0.2) is 0 Å². The van der Waals surface area contributed by atoms with Crippen LogP contribution in [0.4, 0.5) is 17.1 Å². The largest absolute Gasteiger partial charge is 0.310 e. The van der Waals surface area contributed by atoms with Crippen LogP contribution in [-0.4, -0.2) is 4.57 Å². The van der Waals surface area contributed by atoms with Crippen molar-refractivity contribution in [3.8, 4) is 39.1 Å². The summed E-state index contributed by atoms with van der Waals surface area (Å²) >= 11 is 0. The van der Waals surface area contributed by atoms with Crippen LogP contribution in [0.3, 0.4) is 0 Å². The smallest absolute Gasteiger partial charge is 0.0561 e. The van der Waals surface area contributed by atoms with Crippen LogP contribution in [0, 0.1) is 0 Å². The minimum Gasteiger partial charge on any atom is -0.310 e. The topological polar surface area (TPSA) is 8.17 Å². The average Bonchev–Trinajstić information content (AvgIpc) is 3.85. The van der Waals surface area contributed by atoms with Gasteiger partial charge in [0.1, 0.15) is 0 Å². The van der Waals surface area contributed by atoms with Crippen LogP contribution in [0.15, 0.2) is 188 Å². The zero-order valence-electron chi connectivity index (χ0n) is 37.8. The van der Waals surface area contributed by atoms with Crippen LogP contribution in [0.1, 0.15) is 76.3 Å². The highest BCUT2D eigenvalue weighted by molar-refractivity contribution is 6.11. The maximum Gasteiger partial charge on any atom is 0.0561 e. The lowest BCUT2D eigenvalue weighted by Gasteiger charge is -2.39. The first-order chi connectivity index (χ1) is 30.9. The molecule has 0 aliphatic heterocycles.